The number of nitrogens with zero attached hydrogens (tertiary/aromatic N) is 2. The number of hydrogen-bond acceptors (Lipinski definition) is 4. The summed E-state index contributed by atoms with van der Waals surface area (Å²) in [5, 5.41) is 7.30. The van der Waals surface area contributed by atoms with Gasteiger partial charge in [-0.2, -0.15) is 0 Å². The Bertz CT molecular complexity index is 541. The summed E-state index contributed by atoms with van der Waals surface area (Å²) in [6.07, 6.45) is 1.14. The molecule has 1 N–H and O–H groups in total. The molecule has 0 radical (unpaired) electrons. The SMILES string of the molecule is CCCNCc1csc(N(C)Cc2cccc(Cl)c2)n1. The molecular weight excluding hydrogens is 290 g/mol. The molecule has 108 valence electrons. The molecule has 2 rings (SSSR count). The second kappa shape index (κ2) is 7.62. The lowest BCUT2D eigenvalue weighted by molar-refractivity contribution is 0.666. The van der Waals surface area contributed by atoms with Crippen molar-refractivity contribution in [3.8, 4) is 0 Å². The summed E-state index contributed by atoms with van der Waals surface area (Å²) < 4.78 is 0. The summed E-state index contributed by atoms with van der Waals surface area (Å²) in [5.41, 5.74) is 2.30. The quantitative estimate of drug-likeness (QED) is 0.785. The van der Waals surface area contributed by atoms with Crippen LogP contribution in [0.25, 0.3) is 0 Å². The number of anilines is 1. The number of aromatic nitrogens is 1. The van der Waals surface area contributed by atoms with Crippen LogP contribution in [0.4, 0.5) is 5.13 Å². The highest BCUT2D eigenvalue weighted by Gasteiger charge is 2.07. The smallest absolute Gasteiger partial charge is 0.185 e. The number of nitrogens with one attached hydrogen (secondary N) is 1. The molecule has 1 heterocycles. The summed E-state index contributed by atoms with van der Waals surface area (Å²) in [7, 11) is 2.06. The van der Waals surface area contributed by atoms with Gasteiger partial charge in [-0.3, -0.25) is 0 Å². The van der Waals surface area contributed by atoms with Gasteiger partial charge in [0.25, 0.3) is 0 Å². The van der Waals surface area contributed by atoms with Crippen LogP contribution >= 0.6 is 22.9 Å². The maximum atomic E-state index is 6.01. The molecule has 0 saturated heterocycles. The first-order valence-electron chi connectivity index (χ1n) is 6.79. The molecule has 0 aliphatic carbocycles. The van der Waals surface area contributed by atoms with E-state index < -0.39 is 0 Å². The van der Waals surface area contributed by atoms with Crippen molar-refractivity contribution >= 4 is 28.1 Å². The van der Waals surface area contributed by atoms with Crippen molar-refractivity contribution in [3.63, 3.8) is 0 Å². The van der Waals surface area contributed by atoms with E-state index in [1.807, 2.05) is 18.2 Å². The van der Waals surface area contributed by atoms with Crippen molar-refractivity contribution < 1.29 is 0 Å². The standard InChI is InChI=1S/C15H20ClN3S/c1-3-7-17-9-14-11-20-15(18-14)19(2)10-12-5-4-6-13(16)8-12/h4-6,8,11,17H,3,7,9-10H2,1-2H3. The molecule has 0 saturated carbocycles. The zero-order chi connectivity index (χ0) is 14.4. The Morgan fingerprint density at radius 3 is 3.00 bits per heavy atom. The molecule has 0 spiro atoms. The van der Waals surface area contributed by atoms with Gasteiger partial charge in [-0.25, -0.2) is 4.98 Å². The van der Waals surface area contributed by atoms with E-state index in [2.05, 4.69) is 40.6 Å². The molecular formula is C15H20ClN3S. The fourth-order valence-electron chi connectivity index (χ4n) is 1.92. The lowest BCUT2D eigenvalue weighted by Crippen LogP contribution is -2.17. The van der Waals surface area contributed by atoms with Gasteiger partial charge in [0.1, 0.15) is 0 Å². The molecule has 0 amide bonds. The van der Waals surface area contributed by atoms with Crippen molar-refractivity contribution in [2.75, 3.05) is 18.5 Å². The van der Waals surface area contributed by atoms with E-state index in [1.54, 1.807) is 11.3 Å². The van der Waals surface area contributed by atoms with Crippen molar-refractivity contribution in [1.82, 2.24) is 10.3 Å². The Morgan fingerprint density at radius 2 is 2.25 bits per heavy atom. The first-order valence-corrected chi connectivity index (χ1v) is 8.05. The molecule has 0 aliphatic rings. The largest absolute Gasteiger partial charge is 0.347 e. The van der Waals surface area contributed by atoms with E-state index in [-0.39, 0.29) is 0 Å². The van der Waals surface area contributed by atoms with Crippen LogP contribution in [0, 0.1) is 0 Å². The van der Waals surface area contributed by atoms with Crippen molar-refractivity contribution in [2.24, 2.45) is 0 Å². The Labute approximate surface area is 129 Å². The van der Waals surface area contributed by atoms with E-state index in [1.165, 1.54) is 5.56 Å². The number of hydrogen-bond donors (Lipinski definition) is 1. The van der Waals surface area contributed by atoms with Gasteiger partial charge >= 0.3 is 0 Å². The molecule has 0 bridgehead atoms. The average molecular weight is 310 g/mol. The van der Waals surface area contributed by atoms with Gasteiger partial charge in [-0.05, 0) is 30.7 Å². The molecule has 20 heavy (non-hydrogen) atoms. The van der Waals surface area contributed by atoms with E-state index in [0.29, 0.717) is 0 Å². The van der Waals surface area contributed by atoms with Crippen LogP contribution < -0.4 is 10.2 Å². The van der Waals surface area contributed by atoms with E-state index in [4.69, 9.17) is 11.6 Å². The van der Waals surface area contributed by atoms with Crippen LogP contribution in [0.15, 0.2) is 29.6 Å². The predicted molar refractivity (Wildman–Crippen MR) is 87.7 cm³/mol. The first kappa shape index (κ1) is 15.3. The van der Waals surface area contributed by atoms with Crippen LogP contribution in [-0.4, -0.2) is 18.6 Å². The minimum absolute atomic E-state index is 0.777. The second-order valence-electron chi connectivity index (χ2n) is 4.78. The third-order valence-electron chi connectivity index (χ3n) is 2.91. The summed E-state index contributed by atoms with van der Waals surface area (Å²) in [4.78, 5) is 6.80. The Morgan fingerprint density at radius 1 is 1.40 bits per heavy atom. The molecule has 1 aromatic carbocycles. The average Bonchev–Trinajstić information content (AvgIpc) is 2.88. The van der Waals surface area contributed by atoms with Crippen molar-refractivity contribution in [2.45, 2.75) is 26.4 Å². The van der Waals surface area contributed by atoms with E-state index in [9.17, 15) is 0 Å². The van der Waals surface area contributed by atoms with Crippen LogP contribution in [0.2, 0.25) is 5.02 Å². The fraction of sp³-hybridized carbons (Fsp3) is 0.400. The molecule has 0 atom stereocenters. The maximum absolute atomic E-state index is 6.01. The Kier molecular flexibility index (Phi) is 5.83. The normalized spacial score (nSPS) is 10.8. The summed E-state index contributed by atoms with van der Waals surface area (Å²) in [6.45, 7) is 4.86. The van der Waals surface area contributed by atoms with Gasteiger partial charge in [0.05, 0.1) is 5.69 Å². The highest BCUT2D eigenvalue weighted by molar-refractivity contribution is 7.13. The molecule has 5 heteroatoms. The molecule has 0 unspecified atom stereocenters. The van der Waals surface area contributed by atoms with Gasteiger partial charge < -0.3 is 10.2 Å². The predicted octanol–water partition coefficient (Wildman–Crippen LogP) is 3.93. The molecule has 0 fully saturated rings. The van der Waals surface area contributed by atoms with Crippen LogP contribution in [0.5, 0.6) is 0 Å². The number of thiazole rings is 1. The Hall–Kier alpha value is -1.10. The van der Waals surface area contributed by atoms with Crippen LogP contribution in [0.1, 0.15) is 24.6 Å². The highest BCUT2D eigenvalue weighted by atomic mass is 35.5. The maximum Gasteiger partial charge on any atom is 0.185 e. The zero-order valence-corrected chi connectivity index (χ0v) is 13.5. The van der Waals surface area contributed by atoms with E-state index >= 15 is 0 Å². The van der Waals surface area contributed by atoms with Gasteiger partial charge in [0.2, 0.25) is 0 Å². The number of benzene rings is 1. The third-order valence-corrected chi connectivity index (χ3v) is 4.15. The van der Waals surface area contributed by atoms with Crippen molar-refractivity contribution in [1.29, 1.82) is 0 Å². The Balaban J connectivity index is 1.93. The van der Waals surface area contributed by atoms with Gasteiger partial charge in [0.15, 0.2) is 5.13 Å². The first-order chi connectivity index (χ1) is 9.69. The molecule has 1 aromatic heterocycles. The highest BCUT2D eigenvalue weighted by Crippen LogP contribution is 2.21. The summed E-state index contributed by atoms with van der Waals surface area (Å²) in [5.74, 6) is 0. The van der Waals surface area contributed by atoms with Crippen LogP contribution in [0.3, 0.4) is 0 Å². The minimum atomic E-state index is 0.777. The fourth-order valence-corrected chi connectivity index (χ4v) is 2.93. The summed E-state index contributed by atoms with van der Waals surface area (Å²) in [6, 6.07) is 7.95. The molecule has 2 aromatic rings. The number of rotatable bonds is 7. The monoisotopic (exact) mass is 309 g/mol. The van der Waals surface area contributed by atoms with Gasteiger partial charge in [-0.15, -0.1) is 11.3 Å². The minimum Gasteiger partial charge on any atom is -0.347 e. The van der Waals surface area contributed by atoms with Gasteiger partial charge in [-0.1, -0.05) is 30.7 Å². The molecule has 0 aliphatic heterocycles. The third kappa shape index (κ3) is 4.47. The summed E-state index contributed by atoms with van der Waals surface area (Å²) >= 11 is 7.69. The number of halogens is 1. The van der Waals surface area contributed by atoms with Crippen molar-refractivity contribution in [3.05, 3.63) is 45.9 Å². The topological polar surface area (TPSA) is 28.2 Å². The van der Waals surface area contributed by atoms with E-state index in [0.717, 1.165) is 41.9 Å². The zero-order valence-electron chi connectivity index (χ0n) is 11.9. The van der Waals surface area contributed by atoms with Crippen LogP contribution in [-0.2, 0) is 13.1 Å². The lowest BCUT2D eigenvalue weighted by atomic mass is 10.2. The molecule has 3 nitrogen and oxygen atoms in total. The lowest BCUT2D eigenvalue weighted by Gasteiger charge is -2.15. The van der Waals surface area contributed by atoms with Gasteiger partial charge in [0, 0.05) is 30.5 Å². The second-order valence-corrected chi connectivity index (χ2v) is 6.06.